The quantitative estimate of drug-likeness (QED) is 0.587. The number of nitrogens with zero attached hydrogens (tertiary/aromatic N) is 4. The first kappa shape index (κ1) is 20.3. The molecule has 0 saturated carbocycles. The molecule has 3 aromatic rings. The molecule has 2 aromatic heterocycles. The topological polar surface area (TPSA) is 106 Å². The number of nitrogen functional groups attached to an aromatic ring is 1. The number of halogens is 1. The van der Waals surface area contributed by atoms with E-state index in [1.807, 2.05) is 28.8 Å². The molecule has 0 amide bonds. The van der Waals surface area contributed by atoms with Crippen LogP contribution >= 0.6 is 15.9 Å². The van der Waals surface area contributed by atoms with E-state index in [-0.39, 0.29) is 0 Å². The van der Waals surface area contributed by atoms with E-state index in [9.17, 15) is 9.32 Å². The van der Waals surface area contributed by atoms with E-state index < -0.39 is 15.3 Å². The highest BCUT2D eigenvalue weighted by molar-refractivity contribution is 9.10. The summed E-state index contributed by atoms with van der Waals surface area (Å²) in [6, 6.07) is 7.64. The van der Waals surface area contributed by atoms with Gasteiger partial charge in [-0.3, -0.25) is 0 Å². The zero-order valence-corrected chi connectivity index (χ0v) is 18.8. The fraction of sp³-hybridized carbons (Fsp3) is 0.400. The van der Waals surface area contributed by atoms with Crippen LogP contribution in [0.2, 0.25) is 0 Å². The molecule has 154 valence electrons. The van der Waals surface area contributed by atoms with Crippen molar-refractivity contribution < 1.29 is 9.32 Å². The summed E-state index contributed by atoms with van der Waals surface area (Å²) in [5, 5.41) is 11.1. The van der Waals surface area contributed by atoms with Crippen LogP contribution in [0.4, 0.5) is 11.5 Å². The van der Waals surface area contributed by atoms with E-state index in [1.165, 1.54) is 6.33 Å². The van der Waals surface area contributed by atoms with Crippen molar-refractivity contribution in [2.45, 2.75) is 38.8 Å². The minimum absolute atomic E-state index is 0.343. The van der Waals surface area contributed by atoms with Gasteiger partial charge in [-0.15, -0.1) is 0 Å². The molecule has 1 aliphatic rings. The summed E-state index contributed by atoms with van der Waals surface area (Å²) in [7, 11) is -2.11. The Morgan fingerprint density at radius 2 is 1.90 bits per heavy atom. The summed E-state index contributed by atoms with van der Waals surface area (Å²) in [4.78, 5) is 8.56. The number of anilines is 1. The molecule has 1 aromatic carbocycles. The zero-order valence-electron chi connectivity index (χ0n) is 16.4. The first-order valence-corrected chi connectivity index (χ1v) is 12.1. The summed E-state index contributed by atoms with van der Waals surface area (Å²) in [5.74, 6) is 1.74. The second-order valence-electron chi connectivity index (χ2n) is 8.05. The van der Waals surface area contributed by atoms with Crippen LogP contribution in [0, 0.1) is 0 Å². The highest BCUT2D eigenvalue weighted by Crippen LogP contribution is 2.40. The molecular formula is C20H24BrN5O2S. The summed E-state index contributed by atoms with van der Waals surface area (Å²) in [5.41, 5.74) is 8.42. The van der Waals surface area contributed by atoms with E-state index >= 15 is 0 Å². The van der Waals surface area contributed by atoms with Gasteiger partial charge in [0.1, 0.15) is 17.8 Å². The maximum Gasteiger partial charge on any atom is 0.147 e. The summed E-state index contributed by atoms with van der Waals surface area (Å²) < 4.78 is 19.9. The zero-order chi connectivity index (χ0) is 20.8. The van der Waals surface area contributed by atoms with Crippen LogP contribution < -0.4 is 5.73 Å². The number of hydrogen-bond acceptors (Lipinski definition) is 6. The Morgan fingerprint density at radius 3 is 2.52 bits per heavy atom. The molecule has 3 heterocycles. The van der Waals surface area contributed by atoms with Crippen molar-refractivity contribution in [3.05, 3.63) is 35.2 Å². The van der Waals surface area contributed by atoms with Crippen LogP contribution in [0.15, 0.2) is 39.6 Å². The lowest BCUT2D eigenvalue weighted by atomic mass is 10.1. The minimum Gasteiger partial charge on any atom is -0.389 e. The molecule has 4 rings (SSSR count). The van der Waals surface area contributed by atoms with Gasteiger partial charge >= 0.3 is 0 Å². The first-order chi connectivity index (χ1) is 13.7. The van der Waals surface area contributed by atoms with Crippen LogP contribution in [-0.4, -0.2) is 41.0 Å². The SMILES string of the molecule is CC(C)(O)Cn1c(Br)c(-c2ccc(N=S3(=O)CCCC3)cc2)c2c(N)ncnc21. The number of aromatic nitrogens is 3. The maximum atomic E-state index is 12.7. The van der Waals surface area contributed by atoms with Crippen molar-refractivity contribution in [1.29, 1.82) is 0 Å². The molecule has 0 spiro atoms. The molecule has 0 aliphatic carbocycles. The fourth-order valence-electron chi connectivity index (χ4n) is 3.69. The van der Waals surface area contributed by atoms with Gasteiger partial charge in [-0.1, -0.05) is 12.1 Å². The third-order valence-corrected chi connectivity index (χ3v) is 8.18. The molecule has 0 unspecified atom stereocenters. The average Bonchev–Trinajstić information content (AvgIpc) is 3.18. The lowest BCUT2D eigenvalue weighted by molar-refractivity contribution is 0.0621. The highest BCUT2D eigenvalue weighted by Gasteiger charge is 2.24. The van der Waals surface area contributed by atoms with Crippen LogP contribution in [0.5, 0.6) is 0 Å². The molecule has 0 radical (unpaired) electrons. The number of benzene rings is 1. The molecule has 9 heteroatoms. The van der Waals surface area contributed by atoms with Crippen LogP contribution in [0.1, 0.15) is 26.7 Å². The highest BCUT2D eigenvalue weighted by atomic mass is 79.9. The van der Waals surface area contributed by atoms with Crippen molar-refractivity contribution in [2.24, 2.45) is 4.36 Å². The molecule has 1 fully saturated rings. The minimum atomic E-state index is -2.11. The van der Waals surface area contributed by atoms with Gasteiger partial charge in [0.2, 0.25) is 0 Å². The van der Waals surface area contributed by atoms with E-state index in [0.29, 0.717) is 29.5 Å². The van der Waals surface area contributed by atoms with Crippen LogP contribution in [0.25, 0.3) is 22.2 Å². The Kier molecular flexibility index (Phi) is 5.16. The standard InChI is InChI=1S/C20H24BrN5O2S/c1-20(2,27)11-26-17(21)15(16-18(22)23-12-24-19(16)26)13-5-7-14(8-6-13)25-29(28)9-3-4-10-29/h5-8,12,27H,3-4,9-11H2,1-2H3,(H2,22,23,24). The van der Waals surface area contributed by atoms with Crippen LogP contribution in [0.3, 0.4) is 0 Å². The number of rotatable bonds is 4. The molecule has 7 nitrogen and oxygen atoms in total. The lowest BCUT2D eigenvalue weighted by Gasteiger charge is -2.19. The van der Waals surface area contributed by atoms with Gasteiger partial charge in [0.15, 0.2) is 0 Å². The van der Waals surface area contributed by atoms with Crippen molar-refractivity contribution in [1.82, 2.24) is 14.5 Å². The predicted octanol–water partition coefficient (Wildman–Crippen LogP) is 4.11. The Balaban J connectivity index is 1.84. The van der Waals surface area contributed by atoms with Gasteiger partial charge < -0.3 is 15.4 Å². The van der Waals surface area contributed by atoms with Gasteiger partial charge in [-0.05, 0) is 60.3 Å². The monoisotopic (exact) mass is 477 g/mol. The molecule has 29 heavy (non-hydrogen) atoms. The maximum absolute atomic E-state index is 12.7. The van der Waals surface area contributed by atoms with E-state index in [4.69, 9.17) is 5.73 Å². The van der Waals surface area contributed by atoms with E-state index in [1.54, 1.807) is 13.8 Å². The lowest BCUT2D eigenvalue weighted by Crippen LogP contribution is -2.26. The van der Waals surface area contributed by atoms with Gasteiger partial charge in [0.05, 0.1) is 37.6 Å². The molecular weight excluding hydrogens is 454 g/mol. The van der Waals surface area contributed by atoms with Crippen LogP contribution in [-0.2, 0) is 16.3 Å². The van der Waals surface area contributed by atoms with E-state index in [0.717, 1.165) is 39.6 Å². The fourth-order valence-corrected chi connectivity index (χ4v) is 6.61. The molecule has 3 N–H and O–H groups in total. The number of fused-ring (bicyclic) bond motifs is 1. The molecule has 1 aliphatic heterocycles. The number of nitrogens with two attached hydrogens (primary N) is 1. The second-order valence-corrected chi connectivity index (χ2v) is 11.3. The Labute approximate surface area is 178 Å². The third kappa shape index (κ3) is 4.04. The molecule has 1 saturated heterocycles. The van der Waals surface area contributed by atoms with Gasteiger partial charge in [0, 0.05) is 17.1 Å². The van der Waals surface area contributed by atoms with Gasteiger partial charge in [-0.2, -0.15) is 4.36 Å². The first-order valence-electron chi connectivity index (χ1n) is 9.50. The van der Waals surface area contributed by atoms with Gasteiger partial charge in [-0.25, -0.2) is 14.2 Å². The molecule has 0 atom stereocenters. The van der Waals surface area contributed by atoms with Crippen molar-refractivity contribution in [3.8, 4) is 11.1 Å². The van der Waals surface area contributed by atoms with Gasteiger partial charge in [0.25, 0.3) is 0 Å². The Morgan fingerprint density at radius 1 is 1.24 bits per heavy atom. The second kappa shape index (κ2) is 7.37. The smallest absolute Gasteiger partial charge is 0.147 e. The Hall–Kier alpha value is -1.97. The normalized spacial score (nSPS) is 16.4. The summed E-state index contributed by atoms with van der Waals surface area (Å²) >= 11 is 3.68. The number of hydrogen-bond donors (Lipinski definition) is 2. The predicted molar refractivity (Wildman–Crippen MR) is 121 cm³/mol. The van der Waals surface area contributed by atoms with Crippen molar-refractivity contribution in [2.75, 3.05) is 17.2 Å². The summed E-state index contributed by atoms with van der Waals surface area (Å²) in [6.07, 6.45) is 3.38. The summed E-state index contributed by atoms with van der Waals surface area (Å²) in [6.45, 7) is 3.84. The van der Waals surface area contributed by atoms with Crippen molar-refractivity contribution in [3.63, 3.8) is 0 Å². The average molecular weight is 478 g/mol. The number of aliphatic hydroxyl groups is 1. The largest absolute Gasteiger partial charge is 0.389 e. The third-order valence-electron chi connectivity index (χ3n) is 4.95. The Bertz CT molecular complexity index is 1180. The van der Waals surface area contributed by atoms with Crippen molar-refractivity contribution >= 4 is 48.2 Å². The van der Waals surface area contributed by atoms with E-state index in [2.05, 4.69) is 30.3 Å². The molecule has 0 bridgehead atoms.